The van der Waals surface area contributed by atoms with Crippen LogP contribution in [0.15, 0.2) is 55.2 Å². The van der Waals surface area contributed by atoms with Crippen molar-refractivity contribution in [1.29, 1.82) is 0 Å². The van der Waals surface area contributed by atoms with Crippen molar-refractivity contribution < 1.29 is 0 Å². The van der Waals surface area contributed by atoms with Gasteiger partial charge in [-0.05, 0) is 36.3 Å². The number of nitrogens with zero attached hydrogens (tertiary/aromatic N) is 1. The van der Waals surface area contributed by atoms with Crippen LogP contribution >= 0.6 is 0 Å². The molecule has 0 spiro atoms. The fraction of sp³-hybridized carbons (Fsp3) is 0.0625. The lowest BCUT2D eigenvalue weighted by atomic mass is 10.0. The zero-order chi connectivity index (χ0) is 12.1. The Morgan fingerprint density at radius 1 is 1.12 bits per heavy atom. The van der Waals surface area contributed by atoms with Gasteiger partial charge >= 0.3 is 0 Å². The minimum absolute atomic E-state index is 0.919. The third-order valence-electron chi connectivity index (χ3n) is 2.67. The average Bonchev–Trinajstić information content (AvgIpc) is 2.40. The SMILES string of the molecule is C=Cc1ncccc1C=C(C)c1ccccc1. The van der Waals surface area contributed by atoms with Crippen LogP contribution in [0.2, 0.25) is 0 Å². The van der Waals surface area contributed by atoms with Crippen LogP contribution in [0.1, 0.15) is 23.7 Å². The largest absolute Gasteiger partial charge is 0.256 e. The molecule has 84 valence electrons. The number of hydrogen-bond donors (Lipinski definition) is 0. The van der Waals surface area contributed by atoms with E-state index in [-0.39, 0.29) is 0 Å². The molecule has 0 unspecified atom stereocenters. The van der Waals surface area contributed by atoms with Gasteiger partial charge in [0.25, 0.3) is 0 Å². The first-order valence-corrected chi connectivity index (χ1v) is 5.62. The number of hydrogen-bond acceptors (Lipinski definition) is 1. The number of benzene rings is 1. The molecule has 0 aliphatic rings. The van der Waals surface area contributed by atoms with Gasteiger partial charge in [-0.2, -0.15) is 0 Å². The summed E-state index contributed by atoms with van der Waals surface area (Å²) in [5.74, 6) is 0. The molecule has 0 atom stereocenters. The Hall–Kier alpha value is -2.15. The summed E-state index contributed by atoms with van der Waals surface area (Å²) < 4.78 is 0. The highest BCUT2D eigenvalue weighted by Gasteiger charge is 1.98. The Bertz CT molecular complexity index is 538. The summed E-state index contributed by atoms with van der Waals surface area (Å²) >= 11 is 0. The predicted molar refractivity (Wildman–Crippen MR) is 74.3 cm³/mol. The fourth-order valence-electron chi connectivity index (χ4n) is 1.74. The molecule has 1 heteroatoms. The van der Waals surface area contributed by atoms with Gasteiger partial charge < -0.3 is 0 Å². The van der Waals surface area contributed by atoms with Gasteiger partial charge in [0.1, 0.15) is 0 Å². The van der Waals surface area contributed by atoms with Crippen LogP contribution in [-0.2, 0) is 0 Å². The molecule has 1 aromatic carbocycles. The van der Waals surface area contributed by atoms with Gasteiger partial charge in [-0.25, -0.2) is 0 Å². The van der Waals surface area contributed by atoms with Crippen LogP contribution in [0.5, 0.6) is 0 Å². The van der Waals surface area contributed by atoms with Crippen molar-refractivity contribution in [2.24, 2.45) is 0 Å². The second-order valence-electron chi connectivity index (χ2n) is 3.88. The normalized spacial score (nSPS) is 11.2. The summed E-state index contributed by atoms with van der Waals surface area (Å²) in [5.41, 5.74) is 4.47. The van der Waals surface area contributed by atoms with E-state index in [2.05, 4.69) is 42.8 Å². The summed E-state index contributed by atoms with van der Waals surface area (Å²) in [6.45, 7) is 5.89. The second kappa shape index (κ2) is 5.26. The van der Waals surface area contributed by atoms with E-state index in [1.807, 2.05) is 24.3 Å². The Labute approximate surface area is 102 Å². The molecule has 1 heterocycles. The molecule has 17 heavy (non-hydrogen) atoms. The molecule has 0 saturated carbocycles. The molecule has 0 radical (unpaired) electrons. The van der Waals surface area contributed by atoms with E-state index in [1.54, 1.807) is 12.3 Å². The molecule has 2 aromatic rings. The van der Waals surface area contributed by atoms with Crippen LogP contribution in [0.3, 0.4) is 0 Å². The van der Waals surface area contributed by atoms with Crippen molar-refractivity contribution in [2.45, 2.75) is 6.92 Å². The molecule has 0 amide bonds. The lowest BCUT2D eigenvalue weighted by Gasteiger charge is -2.03. The quantitative estimate of drug-likeness (QED) is 0.753. The van der Waals surface area contributed by atoms with Gasteiger partial charge in [-0.1, -0.05) is 43.0 Å². The van der Waals surface area contributed by atoms with Gasteiger partial charge in [0, 0.05) is 11.8 Å². The highest BCUT2D eigenvalue weighted by atomic mass is 14.7. The van der Waals surface area contributed by atoms with Crippen LogP contribution in [0, 0.1) is 0 Å². The van der Waals surface area contributed by atoms with Crippen LogP contribution in [0.25, 0.3) is 17.7 Å². The fourth-order valence-corrected chi connectivity index (χ4v) is 1.74. The maximum absolute atomic E-state index is 4.28. The third-order valence-corrected chi connectivity index (χ3v) is 2.67. The maximum Gasteiger partial charge on any atom is 0.0696 e. The average molecular weight is 221 g/mol. The van der Waals surface area contributed by atoms with Crippen molar-refractivity contribution >= 4 is 17.7 Å². The molecule has 0 fully saturated rings. The zero-order valence-corrected chi connectivity index (χ0v) is 9.93. The lowest BCUT2D eigenvalue weighted by Crippen LogP contribution is -1.86. The molecule has 0 aliphatic carbocycles. The monoisotopic (exact) mass is 221 g/mol. The first-order chi connectivity index (χ1) is 8.31. The first-order valence-electron chi connectivity index (χ1n) is 5.62. The topological polar surface area (TPSA) is 12.9 Å². The lowest BCUT2D eigenvalue weighted by molar-refractivity contribution is 1.28. The third kappa shape index (κ3) is 2.70. The summed E-state index contributed by atoms with van der Waals surface area (Å²) in [5, 5.41) is 0. The minimum Gasteiger partial charge on any atom is -0.256 e. The minimum atomic E-state index is 0.919. The zero-order valence-electron chi connectivity index (χ0n) is 9.93. The molecule has 1 nitrogen and oxygen atoms in total. The van der Waals surface area contributed by atoms with Gasteiger partial charge in [-0.15, -0.1) is 0 Å². The van der Waals surface area contributed by atoms with Gasteiger partial charge in [-0.3, -0.25) is 4.98 Å². The summed E-state index contributed by atoms with van der Waals surface area (Å²) in [4.78, 5) is 4.28. The summed E-state index contributed by atoms with van der Waals surface area (Å²) in [6, 6.07) is 14.3. The molecular formula is C16H15N. The molecule has 0 saturated heterocycles. The highest BCUT2D eigenvalue weighted by molar-refractivity contribution is 5.82. The number of rotatable bonds is 3. The number of aromatic nitrogens is 1. The van der Waals surface area contributed by atoms with E-state index in [9.17, 15) is 0 Å². The number of allylic oxidation sites excluding steroid dienone is 1. The van der Waals surface area contributed by atoms with Crippen LogP contribution < -0.4 is 0 Å². The Kier molecular flexibility index (Phi) is 3.51. The standard InChI is InChI=1S/C16H15N/c1-3-16-15(10-7-11-17-16)12-13(2)14-8-5-4-6-9-14/h3-12H,1H2,2H3. The Morgan fingerprint density at radius 3 is 2.59 bits per heavy atom. The van der Waals surface area contributed by atoms with E-state index in [0.717, 1.165) is 11.3 Å². The smallest absolute Gasteiger partial charge is 0.0696 e. The van der Waals surface area contributed by atoms with E-state index in [0.29, 0.717) is 0 Å². The van der Waals surface area contributed by atoms with Gasteiger partial charge in [0.2, 0.25) is 0 Å². The van der Waals surface area contributed by atoms with Crippen molar-refractivity contribution in [3.05, 3.63) is 72.1 Å². The van der Waals surface area contributed by atoms with Crippen LogP contribution in [-0.4, -0.2) is 4.98 Å². The Morgan fingerprint density at radius 2 is 1.88 bits per heavy atom. The molecule has 2 rings (SSSR count). The van der Waals surface area contributed by atoms with E-state index in [4.69, 9.17) is 0 Å². The maximum atomic E-state index is 4.28. The molecule has 0 N–H and O–H groups in total. The van der Waals surface area contributed by atoms with Crippen molar-refractivity contribution in [1.82, 2.24) is 4.98 Å². The Balaban J connectivity index is 2.39. The second-order valence-corrected chi connectivity index (χ2v) is 3.88. The van der Waals surface area contributed by atoms with Crippen molar-refractivity contribution in [2.75, 3.05) is 0 Å². The number of pyridine rings is 1. The van der Waals surface area contributed by atoms with E-state index in [1.165, 1.54) is 11.1 Å². The van der Waals surface area contributed by atoms with Crippen LogP contribution in [0.4, 0.5) is 0 Å². The first kappa shape index (κ1) is 11.3. The summed E-state index contributed by atoms with van der Waals surface area (Å²) in [7, 11) is 0. The van der Waals surface area contributed by atoms with Gasteiger partial charge in [0.05, 0.1) is 5.69 Å². The van der Waals surface area contributed by atoms with Crippen molar-refractivity contribution in [3.8, 4) is 0 Å². The molecule has 1 aromatic heterocycles. The molecule has 0 bridgehead atoms. The van der Waals surface area contributed by atoms with Gasteiger partial charge in [0.15, 0.2) is 0 Å². The van der Waals surface area contributed by atoms with E-state index < -0.39 is 0 Å². The molecule has 0 aliphatic heterocycles. The predicted octanol–water partition coefficient (Wildman–Crippen LogP) is 4.29. The van der Waals surface area contributed by atoms with E-state index >= 15 is 0 Å². The highest BCUT2D eigenvalue weighted by Crippen LogP contribution is 2.18. The van der Waals surface area contributed by atoms with Crippen molar-refractivity contribution in [3.63, 3.8) is 0 Å². The summed E-state index contributed by atoms with van der Waals surface area (Å²) in [6.07, 6.45) is 5.70. The molecular weight excluding hydrogens is 206 g/mol.